The molecule has 10 heteroatoms. The maximum atomic E-state index is 8.88. The van der Waals surface area contributed by atoms with E-state index in [0.29, 0.717) is 0 Å². The average Bonchev–Trinajstić information content (AvgIpc) is 2.09. The molecular formula is C8H21O7PSZn. The molecule has 0 unspecified atom stereocenters. The zero-order valence-electron chi connectivity index (χ0n) is 10.5. The number of hydrogen-bond acceptors (Lipinski definition) is 4. The third-order valence-electron chi connectivity index (χ3n) is 1.35. The molecule has 18 heavy (non-hydrogen) atoms. The van der Waals surface area contributed by atoms with Crippen LogP contribution in [0.2, 0.25) is 0 Å². The van der Waals surface area contributed by atoms with Crippen LogP contribution in [0.15, 0.2) is 0 Å². The molecule has 0 aliphatic heterocycles. The largest absolute Gasteiger partial charge is 2.00 e. The summed E-state index contributed by atoms with van der Waals surface area (Å²) in [6.45, 7) is 6.02. The van der Waals surface area contributed by atoms with E-state index in [1.165, 1.54) is 32.1 Å². The van der Waals surface area contributed by atoms with E-state index in [1.54, 1.807) is 0 Å². The molecule has 0 saturated heterocycles. The molecule has 7 nitrogen and oxygen atoms in total. The smallest absolute Gasteiger partial charge is 0.439 e. The molecule has 4 N–H and O–H groups in total. The Kier molecular flexibility index (Phi) is 30.0. The first-order valence-electron chi connectivity index (χ1n) is 5.01. The number of rotatable bonds is 5. The summed E-state index contributed by atoms with van der Waals surface area (Å²) in [5, 5.41) is 0. The van der Waals surface area contributed by atoms with Crippen molar-refractivity contribution in [1.82, 2.24) is 0 Å². The monoisotopic (exact) mass is 356 g/mol. The summed E-state index contributed by atoms with van der Waals surface area (Å²) in [6.07, 6.45) is 7.98. The second-order valence-electron chi connectivity index (χ2n) is 3.00. The molecule has 108 valence electrons. The van der Waals surface area contributed by atoms with Crippen LogP contribution in [0.3, 0.4) is 0 Å². The van der Waals surface area contributed by atoms with Crippen molar-refractivity contribution < 1.29 is 51.7 Å². The second kappa shape index (κ2) is 20.0. The molecule has 0 amide bonds. The molecule has 0 aliphatic rings. The summed E-state index contributed by atoms with van der Waals surface area (Å²) in [4.78, 5) is 21.6. The van der Waals surface area contributed by atoms with Crippen molar-refractivity contribution in [1.29, 1.82) is 0 Å². The van der Waals surface area contributed by atoms with Gasteiger partial charge in [0.15, 0.2) is 0 Å². The molecule has 0 aromatic heterocycles. The van der Waals surface area contributed by atoms with Gasteiger partial charge in [-0.2, -0.15) is 6.42 Å². The van der Waals surface area contributed by atoms with Crippen molar-refractivity contribution in [3.05, 3.63) is 6.92 Å². The van der Waals surface area contributed by atoms with Crippen molar-refractivity contribution >= 4 is 18.8 Å². The van der Waals surface area contributed by atoms with Gasteiger partial charge in [0.25, 0.3) is 0 Å². The van der Waals surface area contributed by atoms with Gasteiger partial charge in [0, 0.05) is 11.0 Å². The van der Waals surface area contributed by atoms with Crippen LogP contribution in [-0.4, -0.2) is 19.2 Å². The Morgan fingerprint density at radius 3 is 1.56 bits per heavy atom. The Morgan fingerprint density at radius 1 is 1.06 bits per heavy atom. The Morgan fingerprint density at radius 2 is 1.33 bits per heavy atom. The summed E-state index contributed by atoms with van der Waals surface area (Å²) < 4.78 is 33.0. The third kappa shape index (κ3) is 128. The van der Waals surface area contributed by atoms with Gasteiger partial charge >= 0.3 is 27.3 Å². The third-order valence-corrected chi connectivity index (χ3v) is 1.35. The van der Waals surface area contributed by atoms with Crippen LogP contribution in [0.4, 0.5) is 0 Å². The fourth-order valence-electron chi connectivity index (χ4n) is 0.780. The van der Waals surface area contributed by atoms with Crippen molar-refractivity contribution in [2.24, 2.45) is 0 Å². The van der Waals surface area contributed by atoms with Gasteiger partial charge in [-0.15, -0.1) is 0 Å². The van der Waals surface area contributed by atoms with Crippen LogP contribution in [-0.2, 0) is 43.4 Å². The Bertz CT molecular complexity index is 232. The zero-order valence-corrected chi connectivity index (χ0v) is 15.2. The average molecular weight is 358 g/mol. The molecule has 0 aliphatic carbocycles. The van der Waals surface area contributed by atoms with Crippen molar-refractivity contribution in [3.8, 4) is 0 Å². The van der Waals surface area contributed by atoms with E-state index in [9.17, 15) is 0 Å². The maximum absolute atomic E-state index is 8.88. The van der Waals surface area contributed by atoms with E-state index in [4.69, 9.17) is 32.2 Å². The molecule has 0 aromatic carbocycles. The van der Waals surface area contributed by atoms with Crippen LogP contribution in [0, 0.1) is 6.92 Å². The van der Waals surface area contributed by atoms with E-state index < -0.39 is 18.8 Å². The Balaban J connectivity index is -0.0000000855. The first kappa shape index (κ1) is 27.1. The molecule has 0 aromatic rings. The fourth-order valence-corrected chi connectivity index (χ4v) is 0.780. The standard InChI is InChI=1S/C8H17.H3O4P.HO3S.Zn/c1-3-5-7-8-6-4-2;1-5(2,3)4;1-4(2)3;/h1,3-8H2,2H3;(H3,1,2,3,4);(H,1,2,3);/q-1;;-1;+2. The molecule has 0 spiro atoms. The Labute approximate surface area is 123 Å². The van der Waals surface area contributed by atoms with Gasteiger partial charge in [-0.05, 0) is 0 Å². The van der Waals surface area contributed by atoms with Gasteiger partial charge in [0.2, 0.25) is 0 Å². The summed E-state index contributed by atoms with van der Waals surface area (Å²) in [7, 11) is -7.50. The van der Waals surface area contributed by atoms with Gasteiger partial charge in [0.05, 0.1) is 0 Å². The van der Waals surface area contributed by atoms with Crippen LogP contribution in [0.1, 0.15) is 45.4 Å². The first-order valence-corrected chi connectivity index (χ1v) is 7.60. The van der Waals surface area contributed by atoms with Gasteiger partial charge in [-0.3, -0.25) is 0 Å². The second-order valence-corrected chi connectivity index (χ2v) is 4.46. The van der Waals surface area contributed by atoms with Crippen LogP contribution in [0.25, 0.3) is 0 Å². The summed E-state index contributed by atoms with van der Waals surface area (Å²) >= 11 is 0. The predicted octanol–water partition coefficient (Wildman–Crippen LogP) is 2.02. The van der Waals surface area contributed by atoms with Gasteiger partial charge in [-0.25, -0.2) is 4.57 Å². The minimum Gasteiger partial charge on any atom is -0.439 e. The minimum absolute atomic E-state index is 0. The van der Waals surface area contributed by atoms with Crippen LogP contribution in [0.5, 0.6) is 0 Å². The Hall–Kier alpha value is 0.643. The predicted molar refractivity (Wildman–Crippen MR) is 64.4 cm³/mol. The molecular weight excluding hydrogens is 337 g/mol. The van der Waals surface area contributed by atoms with Gasteiger partial charge in [0.1, 0.15) is 0 Å². The van der Waals surface area contributed by atoms with E-state index >= 15 is 0 Å². The van der Waals surface area contributed by atoms with Crippen LogP contribution >= 0.6 is 7.82 Å². The molecule has 0 fully saturated rings. The van der Waals surface area contributed by atoms with Gasteiger partial charge < -0.3 is 34.6 Å². The van der Waals surface area contributed by atoms with E-state index in [2.05, 4.69) is 13.8 Å². The molecule has 0 rings (SSSR count). The van der Waals surface area contributed by atoms with Crippen molar-refractivity contribution in [2.45, 2.75) is 45.4 Å². The maximum Gasteiger partial charge on any atom is 2.00 e. The quantitative estimate of drug-likeness (QED) is 0.112. The number of hydrogen-bond donors (Lipinski definition) is 4. The molecule has 0 bridgehead atoms. The van der Waals surface area contributed by atoms with E-state index in [-0.39, 0.29) is 19.5 Å². The molecule has 0 saturated carbocycles. The SMILES string of the molecule is O=P(O)(O)O.O=[S-](=O)O.[CH2-]CCCCCCC.[Zn+2]. The number of unbranched alkanes of at least 4 members (excludes halogenated alkanes) is 5. The summed E-state index contributed by atoms with van der Waals surface area (Å²) in [5.74, 6) is 0. The van der Waals surface area contributed by atoms with Crippen LogP contribution < -0.4 is 0 Å². The molecule has 0 heterocycles. The van der Waals surface area contributed by atoms with Gasteiger partial charge in [-0.1, -0.05) is 39.0 Å². The fraction of sp³-hybridized carbons (Fsp3) is 0.875. The normalized spacial score (nSPS) is 9.50. The zero-order chi connectivity index (χ0) is 14.3. The van der Waals surface area contributed by atoms with E-state index in [1.807, 2.05) is 0 Å². The minimum atomic E-state index is -4.64. The number of phosphoric acid groups is 1. The topological polar surface area (TPSA) is 132 Å². The van der Waals surface area contributed by atoms with Crippen molar-refractivity contribution in [3.63, 3.8) is 0 Å². The molecule has 0 radical (unpaired) electrons. The summed E-state index contributed by atoms with van der Waals surface area (Å²) in [5.41, 5.74) is 0. The first-order chi connectivity index (χ1) is 7.65. The summed E-state index contributed by atoms with van der Waals surface area (Å²) in [6, 6.07) is 0. The van der Waals surface area contributed by atoms with Crippen molar-refractivity contribution in [2.75, 3.05) is 0 Å². The van der Waals surface area contributed by atoms with E-state index in [0.717, 1.165) is 6.42 Å². The molecule has 0 atom stereocenters.